The smallest absolute Gasteiger partial charge is 0.0908 e. The first-order valence-electron chi connectivity index (χ1n) is 4.95. The van der Waals surface area contributed by atoms with Crippen LogP contribution in [0.25, 0.3) is 0 Å². The molecule has 6 heteroatoms. The highest BCUT2D eigenvalue weighted by molar-refractivity contribution is 5.04. The minimum absolute atomic E-state index is 0.00722. The summed E-state index contributed by atoms with van der Waals surface area (Å²) in [7, 11) is 3.51. The highest BCUT2D eigenvalue weighted by Gasteiger charge is 2.27. The van der Waals surface area contributed by atoms with Gasteiger partial charge >= 0.3 is 0 Å². The van der Waals surface area contributed by atoms with E-state index in [-0.39, 0.29) is 12.1 Å². The number of aromatic nitrogens is 3. The number of rotatable bonds is 5. The number of methoxy groups -OCH3 is 1. The molecule has 1 rings (SSSR count). The molecule has 0 aromatic carbocycles. The first-order valence-corrected chi connectivity index (χ1v) is 4.95. The minimum atomic E-state index is -0.102. The number of hydrogen-bond donors (Lipinski definition) is 2. The third kappa shape index (κ3) is 2.53. The molecule has 1 aromatic heterocycles. The quantitative estimate of drug-likeness (QED) is 0.531. The van der Waals surface area contributed by atoms with E-state index in [9.17, 15) is 0 Å². The standard InChI is InChI=1S/C9H19N5O/c1-6(2)9(15-4)8(12-10)7-5-11-13-14(7)3/h5-6,8-9,12H,10H2,1-4H3. The minimum Gasteiger partial charge on any atom is -0.379 e. The Kier molecular flexibility index (Phi) is 4.19. The first-order chi connectivity index (χ1) is 7.11. The Labute approximate surface area is 89.8 Å². The van der Waals surface area contributed by atoms with Gasteiger partial charge in [0.2, 0.25) is 0 Å². The summed E-state index contributed by atoms with van der Waals surface area (Å²) in [6, 6.07) is -0.102. The summed E-state index contributed by atoms with van der Waals surface area (Å²) in [5, 5.41) is 7.71. The number of nitrogens with zero attached hydrogens (tertiary/aromatic N) is 3. The van der Waals surface area contributed by atoms with Crippen LogP contribution in [0.5, 0.6) is 0 Å². The van der Waals surface area contributed by atoms with Crippen molar-refractivity contribution in [3.05, 3.63) is 11.9 Å². The van der Waals surface area contributed by atoms with Crippen molar-refractivity contribution in [2.75, 3.05) is 7.11 Å². The van der Waals surface area contributed by atoms with Gasteiger partial charge in [-0.1, -0.05) is 19.1 Å². The van der Waals surface area contributed by atoms with E-state index >= 15 is 0 Å². The predicted molar refractivity (Wildman–Crippen MR) is 56.7 cm³/mol. The van der Waals surface area contributed by atoms with E-state index < -0.39 is 0 Å². The van der Waals surface area contributed by atoms with Crippen LogP contribution in [0.15, 0.2) is 6.20 Å². The second kappa shape index (κ2) is 5.20. The molecule has 0 saturated carbocycles. The SMILES string of the molecule is COC(C(C)C)C(NN)c1cnnn1C. The lowest BCUT2D eigenvalue weighted by Crippen LogP contribution is -2.41. The van der Waals surface area contributed by atoms with Crippen LogP contribution in [0.4, 0.5) is 0 Å². The van der Waals surface area contributed by atoms with Gasteiger partial charge in [-0.05, 0) is 5.92 Å². The molecule has 2 atom stereocenters. The molecule has 6 nitrogen and oxygen atoms in total. The molecule has 0 aliphatic heterocycles. The van der Waals surface area contributed by atoms with Crippen LogP contribution in [0, 0.1) is 5.92 Å². The Morgan fingerprint density at radius 1 is 1.53 bits per heavy atom. The molecule has 0 amide bonds. The zero-order valence-corrected chi connectivity index (χ0v) is 9.64. The van der Waals surface area contributed by atoms with Gasteiger partial charge in [-0.25, -0.2) is 5.43 Å². The fourth-order valence-corrected chi connectivity index (χ4v) is 1.72. The molecule has 3 N–H and O–H groups in total. The molecule has 0 aliphatic rings. The lowest BCUT2D eigenvalue weighted by molar-refractivity contribution is 0.0303. The molecular weight excluding hydrogens is 194 g/mol. The molecule has 0 aliphatic carbocycles. The lowest BCUT2D eigenvalue weighted by atomic mass is 9.98. The highest BCUT2D eigenvalue weighted by atomic mass is 16.5. The van der Waals surface area contributed by atoms with Gasteiger partial charge in [0.15, 0.2) is 0 Å². The topological polar surface area (TPSA) is 78.0 Å². The summed E-state index contributed by atoms with van der Waals surface area (Å²) in [5.74, 6) is 5.90. The molecule has 1 aromatic rings. The van der Waals surface area contributed by atoms with Gasteiger partial charge in [0.1, 0.15) is 0 Å². The highest BCUT2D eigenvalue weighted by Crippen LogP contribution is 2.22. The van der Waals surface area contributed by atoms with Crippen molar-refractivity contribution in [1.29, 1.82) is 0 Å². The maximum absolute atomic E-state index is 5.55. The molecule has 0 fully saturated rings. The van der Waals surface area contributed by atoms with Crippen LogP contribution in [-0.2, 0) is 11.8 Å². The van der Waals surface area contributed by atoms with E-state index in [1.165, 1.54) is 0 Å². The molecule has 0 spiro atoms. The summed E-state index contributed by atoms with van der Waals surface area (Å²) in [5.41, 5.74) is 3.67. The summed E-state index contributed by atoms with van der Waals surface area (Å²) in [4.78, 5) is 0. The van der Waals surface area contributed by atoms with E-state index in [1.54, 1.807) is 18.0 Å². The predicted octanol–water partition coefficient (Wildman–Crippen LogP) is -0.00950. The largest absolute Gasteiger partial charge is 0.379 e. The average Bonchev–Trinajstić information content (AvgIpc) is 2.60. The van der Waals surface area contributed by atoms with E-state index in [0.29, 0.717) is 5.92 Å². The monoisotopic (exact) mass is 213 g/mol. The van der Waals surface area contributed by atoms with Crippen molar-refractivity contribution in [2.24, 2.45) is 18.8 Å². The molecule has 0 saturated heterocycles. The van der Waals surface area contributed by atoms with Crippen molar-refractivity contribution in [2.45, 2.75) is 26.0 Å². The van der Waals surface area contributed by atoms with Crippen LogP contribution < -0.4 is 11.3 Å². The van der Waals surface area contributed by atoms with E-state index in [1.807, 2.05) is 7.05 Å². The van der Waals surface area contributed by atoms with Crippen molar-refractivity contribution in [1.82, 2.24) is 20.4 Å². The van der Waals surface area contributed by atoms with Crippen molar-refractivity contribution < 1.29 is 4.74 Å². The second-order valence-electron chi connectivity index (χ2n) is 3.87. The maximum atomic E-state index is 5.55. The van der Waals surface area contributed by atoms with E-state index in [2.05, 4.69) is 29.6 Å². The third-order valence-electron chi connectivity index (χ3n) is 2.51. The van der Waals surface area contributed by atoms with Gasteiger partial charge in [0, 0.05) is 14.2 Å². The number of nitrogens with one attached hydrogen (secondary N) is 1. The van der Waals surface area contributed by atoms with E-state index in [0.717, 1.165) is 5.69 Å². The number of aryl methyl sites for hydroxylation is 1. The number of ether oxygens (including phenoxy) is 1. The summed E-state index contributed by atoms with van der Waals surface area (Å²) >= 11 is 0. The second-order valence-corrected chi connectivity index (χ2v) is 3.87. The van der Waals surface area contributed by atoms with E-state index in [4.69, 9.17) is 10.6 Å². The van der Waals surface area contributed by atoms with Gasteiger partial charge in [-0.15, -0.1) is 5.10 Å². The van der Waals surface area contributed by atoms with Crippen molar-refractivity contribution in [3.8, 4) is 0 Å². The Bertz CT molecular complexity index is 298. The Morgan fingerprint density at radius 3 is 2.53 bits per heavy atom. The van der Waals surface area contributed by atoms with Gasteiger partial charge < -0.3 is 4.74 Å². The molecule has 0 bridgehead atoms. The van der Waals surface area contributed by atoms with Gasteiger partial charge in [-0.2, -0.15) is 0 Å². The van der Waals surface area contributed by atoms with Crippen LogP contribution in [0.2, 0.25) is 0 Å². The lowest BCUT2D eigenvalue weighted by Gasteiger charge is -2.27. The fraction of sp³-hybridized carbons (Fsp3) is 0.778. The number of hydrazine groups is 1. The molecule has 0 radical (unpaired) electrons. The van der Waals surface area contributed by atoms with Crippen LogP contribution in [0.3, 0.4) is 0 Å². The zero-order chi connectivity index (χ0) is 11.4. The summed E-state index contributed by atoms with van der Waals surface area (Å²) < 4.78 is 7.13. The van der Waals surface area contributed by atoms with Gasteiger partial charge in [0.25, 0.3) is 0 Å². The molecule has 2 unspecified atom stereocenters. The Hall–Kier alpha value is -0.980. The number of hydrogen-bond acceptors (Lipinski definition) is 5. The summed E-state index contributed by atoms with van der Waals surface area (Å²) in [6.45, 7) is 4.17. The normalized spacial score (nSPS) is 15.6. The third-order valence-corrected chi connectivity index (χ3v) is 2.51. The molecule has 15 heavy (non-hydrogen) atoms. The Morgan fingerprint density at radius 2 is 2.20 bits per heavy atom. The van der Waals surface area contributed by atoms with Crippen LogP contribution in [-0.4, -0.2) is 28.2 Å². The zero-order valence-electron chi connectivity index (χ0n) is 9.64. The molecular formula is C9H19N5O. The van der Waals surface area contributed by atoms with Crippen molar-refractivity contribution in [3.63, 3.8) is 0 Å². The molecule has 86 valence electrons. The average molecular weight is 213 g/mol. The van der Waals surface area contributed by atoms with Crippen molar-refractivity contribution >= 4 is 0 Å². The van der Waals surface area contributed by atoms with Crippen LogP contribution in [0.1, 0.15) is 25.6 Å². The maximum Gasteiger partial charge on any atom is 0.0908 e. The Balaban J connectivity index is 2.92. The van der Waals surface area contributed by atoms with Gasteiger partial charge in [0.05, 0.1) is 24.0 Å². The summed E-state index contributed by atoms with van der Waals surface area (Å²) in [6.07, 6.45) is 1.69. The fourth-order valence-electron chi connectivity index (χ4n) is 1.72. The van der Waals surface area contributed by atoms with Crippen LogP contribution >= 0.6 is 0 Å². The first kappa shape index (κ1) is 12.1. The number of nitrogens with two attached hydrogens (primary N) is 1. The molecule has 1 heterocycles. The van der Waals surface area contributed by atoms with Gasteiger partial charge in [-0.3, -0.25) is 10.5 Å².